The van der Waals surface area contributed by atoms with Crippen molar-refractivity contribution in [3.05, 3.63) is 0 Å². The molecule has 1 aliphatic carbocycles. The first-order valence-electron chi connectivity index (χ1n) is 4.43. The maximum absolute atomic E-state index is 2.28. The van der Waals surface area contributed by atoms with Gasteiger partial charge in [-0.05, 0) is 5.92 Å². The average molecular weight is 126 g/mol. The molecule has 0 bridgehead atoms. The smallest absolute Gasteiger partial charge is 0.0414 e. The van der Waals surface area contributed by atoms with E-state index in [9.17, 15) is 0 Å². The van der Waals surface area contributed by atoms with E-state index in [1.807, 2.05) is 0 Å². The third-order valence-electron chi connectivity index (χ3n) is 2.44. The van der Waals surface area contributed by atoms with Crippen LogP contribution in [-0.2, 0) is 0 Å². The van der Waals surface area contributed by atoms with Gasteiger partial charge in [-0.3, -0.25) is 0 Å². The lowest BCUT2D eigenvalue weighted by Crippen LogP contribution is -2.10. The van der Waals surface area contributed by atoms with Crippen LogP contribution in [0, 0.1) is 5.92 Å². The Morgan fingerprint density at radius 3 is 2.44 bits per heavy atom. The van der Waals surface area contributed by atoms with E-state index in [0.29, 0.717) is 0 Å². The number of rotatable bonds is 4. The van der Waals surface area contributed by atoms with Crippen LogP contribution in [0.1, 0.15) is 51.9 Å². The van der Waals surface area contributed by atoms with Crippen molar-refractivity contribution in [1.29, 1.82) is 0 Å². The maximum Gasteiger partial charge on any atom is -0.0414 e. The molecule has 0 nitrogen and oxygen atoms in total. The van der Waals surface area contributed by atoms with E-state index < -0.39 is 0 Å². The van der Waals surface area contributed by atoms with Crippen molar-refractivity contribution in [2.75, 3.05) is 0 Å². The van der Waals surface area contributed by atoms with Crippen molar-refractivity contribution >= 4 is 0 Å². The molecule has 0 aromatic carbocycles. The van der Waals surface area contributed by atoms with Gasteiger partial charge in [0, 0.05) is 0 Å². The summed E-state index contributed by atoms with van der Waals surface area (Å²) in [6.45, 7) is 2.28. The quantitative estimate of drug-likeness (QED) is 0.507. The predicted octanol–water partition coefficient (Wildman–Crippen LogP) is 3.37. The summed E-state index contributed by atoms with van der Waals surface area (Å²) in [4.78, 5) is 0. The Labute approximate surface area is 58.7 Å². The van der Waals surface area contributed by atoms with Crippen molar-refractivity contribution in [3.63, 3.8) is 0 Å². The van der Waals surface area contributed by atoms with Crippen LogP contribution >= 0.6 is 0 Å². The molecule has 1 fully saturated rings. The van der Waals surface area contributed by atoms with Gasteiger partial charge in [0.05, 0.1) is 0 Å². The van der Waals surface area contributed by atoms with Gasteiger partial charge in [0.15, 0.2) is 0 Å². The van der Waals surface area contributed by atoms with Crippen molar-refractivity contribution in [1.82, 2.24) is 0 Å². The van der Waals surface area contributed by atoms with E-state index >= 15 is 0 Å². The Hall–Kier alpha value is 0. The van der Waals surface area contributed by atoms with Crippen molar-refractivity contribution < 1.29 is 0 Å². The zero-order valence-corrected chi connectivity index (χ0v) is 6.53. The Kier molecular flexibility index (Phi) is 3.10. The molecule has 0 amide bonds. The van der Waals surface area contributed by atoms with Crippen LogP contribution in [0.3, 0.4) is 0 Å². The first-order chi connectivity index (χ1) is 4.43. The molecule has 0 radical (unpaired) electrons. The van der Waals surface area contributed by atoms with Gasteiger partial charge in [-0.15, -0.1) is 0 Å². The van der Waals surface area contributed by atoms with Gasteiger partial charge in [-0.25, -0.2) is 0 Å². The van der Waals surface area contributed by atoms with Gasteiger partial charge < -0.3 is 0 Å². The highest BCUT2D eigenvalue weighted by atomic mass is 14.2. The fraction of sp³-hybridized carbons (Fsp3) is 1.00. The molecule has 0 heteroatoms. The van der Waals surface area contributed by atoms with Crippen molar-refractivity contribution in [2.45, 2.75) is 51.9 Å². The molecule has 0 saturated heterocycles. The van der Waals surface area contributed by atoms with Crippen LogP contribution in [0.4, 0.5) is 0 Å². The molecule has 0 spiro atoms. The first kappa shape index (κ1) is 7.11. The molecule has 0 N–H and O–H groups in total. The molecule has 0 atom stereocenters. The normalized spacial score (nSPS) is 19.7. The molecule has 0 aromatic heterocycles. The second-order valence-corrected chi connectivity index (χ2v) is 3.29. The summed E-state index contributed by atoms with van der Waals surface area (Å²) < 4.78 is 0. The van der Waals surface area contributed by atoms with Gasteiger partial charge in [-0.1, -0.05) is 51.9 Å². The monoisotopic (exact) mass is 126 g/mol. The Balaban J connectivity index is 1.80. The fourth-order valence-electron chi connectivity index (χ4n) is 1.46. The van der Waals surface area contributed by atoms with Crippen LogP contribution in [-0.4, -0.2) is 0 Å². The molecule has 0 unspecified atom stereocenters. The summed E-state index contributed by atoms with van der Waals surface area (Å²) in [7, 11) is 0. The van der Waals surface area contributed by atoms with E-state index in [0.717, 1.165) is 5.92 Å². The lowest BCUT2D eigenvalue weighted by molar-refractivity contribution is 0.287. The standard InChI is InChI=1S/C9H18/c1-2-3-4-6-9-7-5-8-9/h9H,2-8H2,1H3. The minimum absolute atomic E-state index is 1.14. The first-order valence-corrected chi connectivity index (χ1v) is 4.43. The summed E-state index contributed by atoms with van der Waals surface area (Å²) in [6, 6.07) is 0. The number of hydrogen-bond acceptors (Lipinski definition) is 0. The van der Waals surface area contributed by atoms with Gasteiger partial charge in [-0.2, -0.15) is 0 Å². The van der Waals surface area contributed by atoms with Crippen LogP contribution in [0.25, 0.3) is 0 Å². The lowest BCUT2D eigenvalue weighted by atomic mass is 9.82. The summed E-state index contributed by atoms with van der Waals surface area (Å²) >= 11 is 0. The van der Waals surface area contributed by atoms with Gasteiger partial charge in [0.2, 0.25) is 0 Å². The summed E-state index contributed by atoms with van der Waals surface area (Å²) in [6.07, 6.45) is 10.4. The molecule has 0 heterocycles. The molecule has 54 valence electrons. The largest absolute Gasteiger partial charge is 0.0654 e. The zero-order valence-electron chi connectivity index (χ0n) is 6.53. The van der Waals surface area contributed by atoms with E-state index in [-0.39, 0.29) is 0 Å². The number of hydrogen-bond donors (Lipinski definition) is 0. The van der Waals surface area contributed by atoms with Crippen LogP contribution in [0.5, 0.6) is 0 Å². The highest BCUT2D eigenvalue weighted by Crippen LogP contribution is 2.30. The highest BCUT2D eigenvalue weighted by Gasteiger charge is 2.15. The molecule has 0 aliphatic heterocycles. The highest BCUT2D eigenvalue weighted by molar-refractivity contribution is 4.68. The summed E-state index contributed by atoms with van der Waals surface area (Å²) in [5.74, 6) is 1.14. The fourth-order valence-corrected chi connectivity index (χ4v) is 1.46. The predicted molar refractivity (Wildman–Crippen MR) is 41.5 cm³/mol. The molecular weight excluding hydrogens is 108 g/mol. The SMILES string of the molecule is CCCCCC1CCC1. The third kappa shape index (κ3) is 2.38. The molecule has 1 saturated carbocycles. The Bertz CT molecular complexity index is 62.4. The van der Waals surface area contributed by atoms with Crippen LogP contribution in [0.2, 0.25) is 0 Å². The van der Waals surface area contributed by atoms with Crippen molar-refractivity contribution in [3.8, 4) is 0 Å². The van der Waals surface area contributed by atoms with Gasteiger partial charge in [0.1, 0.15) is 0 Å². The molecule has 9 heavy (non-hydrogen) atoms. The second kappa shape index (κ2) is 3.92. The Morgan fingerprint density at radius 2 is 2.00 bits per heavy atom. The summed E-state index contributed by atoms with van der Waals surface area (Å²) in [5.41, 5.74) is 0. The van der Waals surface area contributed by atoms with Crippen LogP contribution < -0.4 is 0 Å². The molecule has 0 aromatic rings. The molecular formula is C9H18. The second-order valence-electron chi connectivity index (χ2n) is 3.29. The van der Waals surface area contributed by atoms with E-state index in [1.165, 1.54) is 44.9 Å². The minimum Gasteiger partial charge on any atom is -0.0654 e. The third-order valence-corrected chi connectivity index (χ3v) is 2.44. The van der Waals surface area contributed by atoms with Crippen LogP contribution in [0.15, 0.2) is 0 Å². The summed E-state index contributed by atoms with van der Waals surface area (Å²) in [5, 5.41) is 0. The number of unbranched alkanes of at least 4 members (excludes halogenated alkanes) is 2. The maximum atomic E-state index is 2.28. The van der Waals surface area contributed by atoms with Gasteiger partial charge >= 0.3 is 0 Å². The van der Waals surface area contributed by atoms with E-state index in [4.69, 9.17) is 0 Å². The lowest BCUT2D eigenvalue weighted by Gasteiger charge is -2.24. The zero-order chi connectivity index (χ0) is 6.53. The minimum atomic E-state index is 1.14. The molecule has 1 rings (SSSR count). The average Bonchev–Trinajstić information content (AvgIpc) is 1.76. The molecule has 1 aliphatic rings. The van der Waals surface area contributed by atoms with Crippen molar-refractivity contribution in [2.24, 2.45) is 5.92 Å². The topological polar surface area (TPSA) is 0 Å². The van der Waals surface area contributed by atoms with E-state index in [2.05, 4.69) is 6.92 Å². The van der Waals surface area contributed by atoms with Gasteiger partial charge in [0.25, 0.3) is 0 Å². The Morgan fingerprint density at radius 1 is 1.22 bits per heavy atom. The van der Waals surface area contributed by atoms with E-state index in [1.54, 1.807) is 0 Å².